The lowest BCUT2D eigenvalue weighted by atomic mass is 10.0. The van der Waals surface area contributed by atoms with E-state index in [9.17, 15) is 4.79 Å². The molecule has 1 aliphatic heterocycles. The number of benzene rings is 1. The largest absolute Gasteiger partial charge is 0.464 e. The molecule has 0 radical (unpaired) electrons. The molecule has 1 saturated heterocycles. The number of ether oxygens (including phenoxy) is 1. The van der Waals surface area contributed by atoms with Gasteiger partial charge in [0, 0.05) is 22.7 Å². The molecule has 1 N–H and O–H groups in total. The molecule has 0 spiro atoms. The number of nitrogens with one attached hydrogen (secondary N) is 1. The molecule has 1 unspecified atom stereocenters. The number of hydrogen-bond acceptors (Lipinski definition) is 4. The number of amides is 1. The molecule has 1 aliphatic rings. The number of carbonyl (C=O) groups is 1. The Morgan fingerprint density at radius 2 is 2.00 bits per heavy atom. The fraction of sp³-hybridized carbons (Fsp3) is 0.300. The summed E-state index contributed by atoms with van der Waals surface area (Å²) < 4.78 is 11.0. The van der Waals surface area contributed by atoms with Crippen LogP contribution in [0.5, 0.6) is 0 Å². The molecule has 2 aromatic heterocycles. The summed E-state index contributed by atoms with van der Waals surface area (Å²) in [4.78, 5) is 16.9. The predicted molar refractivity (Wildman–Crippen MR) is 95.3 cm³/mol. The first-order valence-electron chi connectivity index (χ1n) is 8.56. The number of hydrogen-bond donors (Lipinski definition) is 1. The second-order valence-electron chi connectivity index (χ2n) is 6.46. The van der Waals surface area contributed by atoms with Crippen molar-refractivity contribution in [1.29, 1.82) is 0 Å². The van der Waals surface area contributed by atoms with Gasteiger partial charge in [-0.05, 0) is 44.0 Å². The molecule has 5 heteroatoms. The lowest BCUT2D eigenvalue weighted by Gasteiger charge is -2.27. The van der Waals surface area contributed by atoms with Crippen LogP contribution in [0.4, 0.5) is 0 Å². The number of furan rings is 1. The highest BCUT2D eigenvalue weighted by Crippen LogP contribution is 2.27. The van der Waals surface area contributed by atoms with E-state index < -0.39 is 0 Å². The average Bonchev–Trinajstić information content (AvgIpc) is 3.12. The molecule has 3 aromatic rings. The Balaban J connectivity index is 1.50. The number of rotatable bonds is 3. The average molecular weight is 336 g/mol. The molecule has 25 heavy (non-hydrogen) atoms. The van der Waals surface area contributed by atoms with Crippen LogP contribution in [0.3, 0.4) is 0 Å². The Morgan fingerprint density at radius 1 is 1.16 bits per heavy atom. The van der Waals surface area contributed by atoms with Gasteiger partial charge in [-0.25, -0.2) is 0 Å². The van der Waals surface area contributed by atoms with Crippen molar-refractivity contribution < 1.29 is 13.9 Å². The molecular weight excluding hydrogens is 316 g/mol. The predicted octanol–water partition coefficient (Wildman–Crippen LogP) is 3.79. The van der Waals surface area contributed by atoms with Gasteiger partial charge in [-0.2, -0.15) is 0 Å². The Kier molecular flexibility index (Phi) is 4.24. The maximum Gasteiger partial charge on any atom is 0.251 e. The van der Waals surface area contributed by atoms with E-state index >= 15 is 0 Å². The van der Waals surface area contributed by atoms with Crippen LogP contribution >= 0.6 is 0 Å². The highest BCUT2D eigenvalue weighted by atomic mass is 16.5. The minimum absolute atomic E-state index is 0.0656. The second-order valence-corrected chi connectivity index (χ2v) is 6.46. The number of nitrogens with zero attached hydrogens (tertiary/aromatic N) is 1. The minimum atomic E-state index is -0.0656. The molecule has 5 nitrogen and oxygen atoms in total. The van der Waals surface area contributed by atoms with E-state index in [-0.39, 0.29) is 18.1 Å². The van der Waals surface area contributed by atoms with Crippen LogP contribution in [-0.2, 0) is 4.74 Å². The highest BCUT2D eigenvalue weighted by Gasteiger charge is 2.20. The number of fused-ring (bicyclic) bond motifs is 1. The number of aromatic nitrogens is 1. The van der Waals surface area contributed by atoms with Crippen molar-refractivity contribution in [3.8, 4) is 11.3 Å². The first-order chi connectivity index (χ1) is 12.2. The lowest BCUT2D eigenvalue weighted by Crippen LogP contribution is -2.42. The van der Waals surface area contributed by atoms with Gasteiger partial charge < -0.3 is 14.5 Å². The summed E-state index contributed by atoms with van der Waals surface area (Å²) in [6.07, 6.45) is 5.60. The zero-order valence-electron chi connectivity index (χ0n) is 14.1. The number of carbonyl (C=O) groups excluding carboxylic acids is 1. The van der Waals surface area contributed by atoms with Gasteiger partial charge in [0.05, 0.1) is 30.7 Å². The third-order valence-corrected chi connectivity index (χ3v) is 4.64. The van der Waals surface area contributed by atoms with Gasteiger partial charge in [-0.15, -0.1) is 0 Å². The molecule has 128 valence electrons. The van der Waals surface area contributed by atoms with Crippen molar-refractivity contribution in [2.75, 3.05) is 6.61 Å². The quantitative estimate of drug-likeness (QED) is 0.790. The van der Waals surface area contributed by atoms with E-state index in [1.807, 2.05) is 36.4 Å². The Labute approximate surface area is 146 Å². The van der Waals surface area contributed by atoms with Crippen LogP contribution in [0, 0.1) is 0 Å². The van der Waals surface area contributed by atoms with Crippen molar-refractivity contribution in [2.45, 2.75) is 31.9 Å². The summed E-state index contributed by atoms with van der Waals surface area (Å²) in [5.74, 6) is -0.0656. The van der Waals surface area contributed by atoms with E-state index in [1.165, 1.54) is 0 Å². The molecule has 3 heterocycles. The zero-order chi connectivity index (χ0) is 17.2. The first-order valence-corrected chi connectivity index (χ1v) is 8.56. The molecule has 1 aromatic carbocycles. The fourth-order valence-corrected chi connectivity index (χ4v) is 3.17. The standard InChI is InChI=1S/C20H20N2O3/c1-13-2-7-16(12-25-13)22-20(23)15-5-3-14(4-6-15)19-17-9-11-24-18(17)8-10-21-19/h3-6,8-11,13,16H,2,7,12H2,1H3,(H,22,23)/t13-,16?/m1/s1. The van der Waals surface area contributed by atoms with Gasteiger partial charge in [-0.1, -0.05) is 12.1 Å². The van der Waals surface area contributed by atoms with Gasteiger partial charge >= 0.3 is 0 Å². The Bertz CT molecular complexity index is 877. The molecule has 0 saturated carbocycles. The van der Waals surface area contributed by atoms with Crippen LogP contribution in [0.15, 0.2) is 53.3 Å². The van der Waals surface area contributed by atoms with E-state index in [2.05, 4.69) is 17.2 Å². The van der Waals surface area contributed by atoms with Gasteiger partial charge in [0.1, 0.15) is 5.58 Å². The molecule has 0 aliphatic carbocycles. The third-order valence-electron chi connectivity index (χ3n) is 4.64. The normalized spacial score (nSPS) is 20.5. The van der Waals surface area contributed by atoms with Crippen LogP contribution in [0.2, 0.25) is 0 Å². The molecule has 4 rings (SSSR count). The topological polar surface area (TPSA) is 64.4 Å². The lowest BCUT2D eigenvalue weighted by molar-refractivity contribution is 0.00891. The van der Waals surface area contributed by atoms with Crippen molar-refractivity contribution in [1.82, 2.24) is 10.3 Å². The maximum atomic E-state index is 12.4. The maximum absolute atomic E-state index is 12.4. The van der Waals surface area contributed by atoms with Gasteiger partial charge in [0.15, 0.2) is 0 Å². The summed E-state index contributed by atoms with van der Waals surface area (Å²) in [6.45, 7) is 2.64. The Morgan fingerprint density at radius 3 is 2.76 bits per heavy atom. The van der Waals surface area contributed by atoms with E-state index in [4.69, 9.17) is 9.15 Å². The van der Waals surface area contributed by atoms with Crippen molar-refractivity contribution in [2.24, 2.45) is 0 Å². The van der Waals surface area contributed by atoms with Gasteiger partial charge in [-0.3, -0.25) is 9.78 Å². The highest BCUT2D eigenvalue weighted by molar-refractivity contribution is 5.96. The molecule has 2 atom stereocenters. The monoisotopic (exact) mass is 336 g/mol. The third kappa shape index (κ3) is 3.28. The summed E-state index contributed by atoms with van der Waals surface area (Å²) in [6, 6.07) is 11.3. The zero-order valence-corrected chi connectivity index (χ0v) is 14.1. The first kappa shape index (κ1) is 15.8. The molecule has 1 amide bonds. The summed E-state index contributed by atoms with van der Waals surface area (Å²) in [7, 11) is 0. The molecular formula is C20H20N2O3. The molecule has 1 fully saturated rings. The molecule has 0 bridgehead atoms. The van der Waals surface area contributed by atoms with Crippen LogP contribution in [-0.4, -0.2) is 29.6 Å². The smallest absolute Gasteiger partial charge is 0.251 e. The van der Waals surface area contributed by atoms with Crippen molar-refractivity contribution in [3.05, 3.63) is 54.4 Å². The van der Waals surface area contributed by atoms with Crippen LogP contribution < -0.4 is 5.32 Å². The summed E-state index contributed by atoms with van der Waals surface area (Å²) in [5, 5.41) is 4.01. The SMILES string of the molecule is C[C@@H]1CCC(NC(=O)c2ccc(-c3nccc4occc34)cc2)CO1. The number of pyridine rings is 1. The minimum Gasteiger partial charge on any atom is -0.464 e. The van der Waals surface area contributed by atoms with E-state index in [0.717, 1.165) is 35.1 Å². The fourth-order valence-electron chi connectivity index (χ4n) is 3.17. The van der Waals surface area contributed by atoms with Crippen LogP contribution in [0.25, 0.3) is 22.2 Å². The van der Waals surface area contributed by atoms with Gasteiger partial charge in [0.2, 0.25) is 0 Å². The van der Waals surface area contributed by atoms with E-state index in [1.54, 1.807) is 12.5 Å². The van der Waals surface area contributed by atoms with Crippen molar-refractivity contribution in [3.63, 3.8) is 0 Å². The second kappa shape index (κ2) is 6.69. The Hall–Kier alpha value is -2.66. The van der Waals surface area contributed by atoms with Crippen LogP contribution in [0.1, 0.15) is 30.1 Å². The van der Waals surface area contributed by atoms with Gasteiger partial charge in [0.25, 0.3) is 5.91 Å². The summed E-state index contributed by atoms with van der Waals surface area (Å²) >= 11 is 0. The van der Waals surface area contributed by atoms with E-state index in [0.29, 0.717) is 12.2 Å². The van der Waals surface area contributed by atoms with Crippen molar-refractivity contribution >= 4 is 16.9 Å². The summed E-state index contributed by atoms with van der Waals surface area (Å²) in [5.41, 5.74) is 3.26.